The molecule has 0 aliphatic carbocycles. The Kier molecular flexibility index (Phi) is 5.65. The van der Waals surface area contributed by atoms with Gasteiger partial charge in [-0.1, -0.05) is 6.07 Å². The van der Waals surface area contributed by atoms with Crippen molar-refractivity contribution < 1.29 is 13.9 Å². The summed E-state index contributed by atoms with van der Waals surface area (Å²) in [5, 5.41) is 4.25. The first-order chi connectivity index (χ1) is 11.2. The summed E-state index contributed by atoms with van der Waals surface area (Å²) in [5.74, 6) is -0.0186. The minimum Gasteiger partial charge on any atom is -0.494 e. The van der Waals surface area contributed by atoms with Crippen molar-refractivity contribution in [3.05, 3.63) is 52.0 Å². The van der Waals surface area contributed by atoms with Gasteiger partial charge in [0.15, 0.2) is 11.6 Å². The molecule has 1 unspecified atom stereocenters. The Bertz CT molecular complexity index is 611. The maximum atomic E-state index is 13.9. The number of thiophene rings is 1. The Balaban J connectivity index is 1.70. The monoisotopic (exact) mass is 335 g/mol. The van der Waals surface area contributed by atoms with Gasteiger partial charge < -0.3 is 9.47 Å². The van der Waals surface area contributed by atoms with Crippen molar-refractivity contribution in [3.8, 4) is 5.75 Å². The number of nitrogens with zero attached hydrogens (tertiary/aromatic N) is 1. The van der Waals surface area contributed by atoms with E-state index in [0.29, 0.717) is 6.54 Å². The lowest BCUT2D eigenvalue weighted by atomic mass is 10.1. The number of benzene rings is 1. The summed E-state index contributed by atoms with van der Waals surface area (Å²) < 4.78 is 24.7. The van der Waals surface area contributed by atoms with Crippen LogP contribution in [-0.2, 0) is 17.8 Å². The summed E-state index contributed by atoms with van der Waals surface area (Å²) >= 11 is 1.70. The van der Waals surface area contributed by atoms with Gasteiger partial charge in [0.05, 0.1) is 13.2 Å². The molecule has 3 rings (SSSR count). The SMILES string of the molecule is COc1ccc(CN(Cc2ccsc2)CC2CCCO2)cc1F. The average Bonchev–Trinajstić information content (AvgIpc) is 3.21. The molecule has 0 spiro atoms. The quantitative estimate of drug-likeness (QED) is 0.761. The molecule has 1 aliphatic heterocycles. The number of methoxy groups -OCH3 is 1. The molecule has 0 bridgehead atoms. The maximum absolute atomic E-state index is 13.9. The van der Waals surface area contributed by atoms with Crippen LogP contribution in [0.5, 0.6) is 5.75 Å². The van der Waals surface area contributed by atoms with Gasteiger partial charge in [-0.25, -0.2) is 4.39 Å². The molecule has 0 saturated carbocycles. The predicted molar refractivity (Wildman–Crippen MR) is 90.4 cm³/mol. The lowest BCUT2D eigenvalue weighted by molar-refractivity contribution is 0.0679. The first-order valence-electron chi connectivity index (χ1n) is 7.92. The summed E-state index contributed by atoms with van der Waals surface area (Å²) in [6.45, 7) is 3.30. The van der Waals surface area contributed by atoms with Crippen LogP contribution in [0.25, 0.3) is 0 Å². The molecule has 0 radical (unpaired) electrons. The van der Waals surface area contributed by atoms with E-state index in [0.717, 1.165) is 38.1 Å². The highest BCUT2D eigenvalue weighted by molar-refractivity contribution is 7.07. The lowest BCUT2D eigenvalue weighted by Crippen LogP contribution is -2.31. The molecule has 1 aromatic carbocycles. The molecule has 1 fully saturated rings. The fourth-order valence-electron chi connectivity index (χ4n) is 2.97. The van der Waals surface area contributed by atoms with E-state index in [1.54, 1.807) is 23.5 Å². The van der Waals surface area contributed by atoms with E-state index in [9.17, 15) is 4.39 Å². The van der Waals surface area contributed by atoms with Crippen molar-refractivity contribution >= 4 is 11.3 Å². The van der Waals surface area contributed by atoms with Gasteiger partial charge >= 0.3 is 0 Å². The van der Waals surface area contributed by atoms with Crippen molar-refractivity contribution in [2.45, 2.75) is 32.0 Å². The van der Waals surface area contributed by atoms with Crippen LogP contribution < -0.4 is 4.74 Å². The Hall–Kier alpha value is -1.43. The molecule has 0 N–H and O–H groups in total. The highest BCUT2D eigenvalue weighted by Crippen LogP contribution is 2.21. The zero-order chi connectivity index (χ0) is 16.1. The van der Waals surface area contributed by atoms with Crippen molar-refractivity contribution in [3.63, 3.8) is 0 Å². The average molecular weight is 335 g/mol. The summed E-state index contributed by atoms with van der Waals surface area (Å²) in [7, 11) is 1.48. The van der Waals surface area contributed by atoms with Crippen LogP contribution in [0, 0.1) is 5.82 Å². The van der Waals surface area contributed by atoms with Crippen molar-refractivity contribution in [2.24, 2.45) is 0 Å². The maximum Gasteiger partial charge on any atom is 0.165 e. The van der Waals surface area contributed by atoms with Gasteiger partial charge in [-0.2, -0.15) is 11.3 Å². The third-order valence-electron chi connectivity index (χ3n) is 4.09. The van der Waals surface area contributed by atoms with Gasteiger partial charge in [0.2, 0.25) is 0 Å². The van der Waals surface area contributed by atoms with Crippen LogP contribution in [0.2, 0.25) is 0 Å². The van der Waals surface area contributed by atoms with E-state index in [1.807, 2.05) is 6.07 Å². The van der Waals surface area contributed by atoms with E-state index in [4.69, 9.17) is 9.47 Å². The van der Waals surface area contributed by atoms with Crippen LogP contribution in [0.1, 0.15) is 24.0 Å². The van der Waals surface area contributed by atoms with E-state index in [1.165, 1.54) is 12.7 Å². The van der Waals surface area contributed by atoms with E-state index < -0.39 is 0 Å². The van der Waals surface area contributed by atoms with Gasteiger partial charge in [-0.3, -0.25) is 4.90 Å². The van der Waals surface area contributed by atoms with Crippen LogP contribution in [0.3, 0.4) is 0 Å². The Morgan fingerprint density at radius 1 is 1.30 bits per heavy atom. The van der Waals surface area contributed by atoms with Crippen LogP contribution >= 0.6 is 11.3 Å². The van der Waals surface area contributed by atoms with Gasteiger partial charge in [-0.05, 0) is 52.9 Å². The second-order valence-electron chi connectivity index (χ2n) is 5.91. The second-order valence-corrected chi connectivity index (χ2v) is 6.69. The zero-order valence-corrected chi connectivity index (χ0v) is 14.2. The zero-order valence-electron chi connectivity index (χ0n) is 13.3. The largest absolute Gasteiger partial charge is 0.494 e. The van der Waals surface area contributed by atoms with Crippen LogP contribution in [-0.4, -0.2) is 31.3 Å². The smallest absolute Gasteiger partial charge is 0.165 e. The fraction of sp³-hybridized carbons (Fsp3) is 0.444. The number of halogens is 1. The standard InChI is InChI=1S/C18H22FNO2S/c1-21-18-5-4-14(9-17(18)19)10-20(11-15-6-8-23-13-15)12-16-3-2-7-22-16/h4-6,8-9,13,16H,2-3,7,10-12H2,1H3. The Labute approximate surface area is 140 Å². The molecule has 0 amide bonds. The van der Waals surface area contributed by atoms with Gasteiger partial charge in [0.25, 0.3) is 0 Å². The molecule has 3 nitrogen and oxygen atoms in total. The van der Waals surface area contributed by atoms with Gasteiger partial charge in [0, 0.05) is 26.2 Å². The molecular weight excluding hydrogens is 313 g/mol. The van der Waals surface area contributed by atoms with E-state index >= 15 is 0 Å². The molecule has 23 heavy (non-hydrogen) atoms. The molecule has 1 aromatic heterocycles. The predicted octanol–water partition coefficient (Wildman–Crippen LogP) is 4.08. The van der Waals surface area contributed by atoms with E-state index in [2.05, 4.69) is 21.7 Å². The van der Waals surface area contributed by atoms with Crippen molar-refractivity contribution in [2.75, 3.05) is 20.3 Å². The molecule has 2 aromatic rings. The van der Waals surface area contributed by atoms with Crippen LogP contribution in [0.15, 0.2) is 35.0 Å². The molecule has 1 aliphatic rings. The number of hydrogen-bond donors (Lipinski definition) is 0. The summed E-state index contributed by atoms with van der Waals surface area (Å²) in [6.07, 6.45) is 2.53. The number of hydrogen-bond acceptors (Lipinski definition) is 4. The van der Waals surface area contributed by atoms with Gasteiger partial charge in [0.1, 0.15) is 0 Å². The van der Waals surface area contributed by atoms with E-state index in [-0.39, 0.29) is 17.7 Å². The molecular formula is C18H22FNO2S. The molecule has 1 atom stereocenters. The van der Waals surface area contributed by atoms with Crippen molar-refractivity contribution in [1.82, 2.24) is 4.90 Å². The van der Waals surface area contributed by atoms with Crippen molar-refractivity contribution in [1.29, 1.82) is 0 Å². The Morgan fingerprint density at radius 3 is 2.83 bits per heavy atom. The summed E-state index contributed by atoms with van der Waals surface area (Å²) in [4.78, 5) is 2.33. The topological polar surface area (TPSA) is 21.7 Å². The number of ether oxygens (including phenoxy) is 2. The normalized spacial score (nSPS) is 17.8. The van der Waals surface area contributed by atoms with Gasteiger partial charge in [-0.15, -0.1) is 0 Å². The molecule has 2 heterocycles. The highest BCUT2D eigenvalue weighted by atomic mass is 32.1. The van der Waals surface area contributed by atoms with Crippen LogP contribution in [0.4, 0.5) is 4.39 Å². The minimum absolute atomic E-state index is 0.289. The third kappa shape index (κ3) is 4.53. The Morgan fingerprint density at radius 2 is 2.17 bits per heavy atom. The second kappa shape index (κ2) is 7.90. The fourth-order valence-corrected chi connectivity index (χ4v) is 3.63. The first kappa shape index (κ1) is 16.4. The lowest BCUT2D eigenvalue weighted by Gasteiger charge is -2.25. The molecule has 1 saturated heterocycles. The highest BCUT2D eigenvalue weighted by Gasteiger charge is 2.20. The summed E-state index contributed by atoms with van der Waals surface area (Å²) in [5.41, 5.74) is 2.25. The third-order valence-corrected chi connectivity index (χ3v) is 4.83. The summed E-state index contributed by atoms with van der Waals surface area (Å²) in [6, 6.07) is 7.33. The first-order valence-corrected chi connectivity index (χ1v) is 8.86. The minimum atomic E-state index is -0.308. The number of rotatable bonds is 7. The molecule has 5 heteroatoms. The molecule has 124 valence electrons.